The molecule has 0 bridgehead atoms. The molecule has 0 aliphatic heterocycles. The molecule has 5 heteroatoms. The third kappa shape index (κ3) is 5.05. The van der Waals surface area contributed by atoms with Crippen LogP contribution in [0.4, 0.5) is 0 Å². The number of hydrogen-bond acceptors (Lipinski definition) is 3. The number of esters is 1. The van der Waals surface area contributed by atoms with Crippen molar-refractivity contribution >= 4 is 11.9 Å². The first kappa shape index (κ1) is 11.7. The summed E-state index contributed by atoms with van der Waals surface area (Å²) in [6.07, 6.45) is 0. The van der Waals surface area contributed by atoms with E-state index in [0.717, 1.165) is 0 Å². The zero-order chi connectivity index (χ0) is 10.4. The first-order valence-electron chi connectivity index (χ1n) is 4.15. The molecule has 0 spiro atoms. The molecule has 0 aromatic heterocycles. The van der Waals surface area contributed by atoms with Crippen molar-refractivity contribution in [1.29, 1.82) is 0 Å². The van der Waals surface area contributed by atoms with E-state index in [2.05, 4.69) is 15.0 Å². The molecule has 1 atom stereocenters. The van der Waals surface area contributed by atoms with Gasteiger partial charge < -0.3 is 15.8 Å². The second-order valence-corrected chi connectivity index (χ2v) is 3.01. The van der Waals surface area contributed by atoms with Gasteiger partial charge in [-0.05, 0) is 20.8 Å². The molecule has 0 rings (SSSR count). The summed E-state index contributed by atoms with van der Waals surface area (Å²) in [7, 11) is 1.32. The van der Waals surface area contributed by atoms with Gasteiger partial charge in [0.15, 0.2) is 5.96 Å². The van der Waals surface area contributed by atoms with Gasteiger partial charge in [0.25, 0.3) is 0 Å². The predicted octanol–water partition coefficient (Wildman–Crippen LogP) is -0.139. The summed E-state index contributed by atoms with van der Waals surface area (Å²) in [4.78, 5) is 14.8. The van der Waals surface area contributed by atoms with Crippen molar-refractivity contribution in [2.75, 3.05) is 7.11 Å². The highest BCUT2D eigenvalue weighted by Crippen LogP contribution is 1.91. The van der Waals surface area contributed by atoms with E-state index in [4.69, 9.17) is 5.73 Å². The largest absolute Gasteiger partial charge is 0.467 e. The Balaban J connectivity index is 4.13. The second-order valence-electron chi connectivity index (χ2n) is 3.01. The van der Waals surface area contributed by atoms with Crippen LogP contribution in [0.15, 0.2) is 4.99 Å². The first-order valence-corrected chi connectivity index (χ1v) is 4.15. The van der Waals surface area contributed by atoms with Crippen LogP contribution in [-0.4, -0.2) is 31.1 Å². The molecule has 0 aliphatic carbocycles. The van der Waals surface area contributed by atoms with E-state index in [-0.39, 0.29) is 12.0 Å². The number of nitrogens with two attached hydrogens (primary N) is 1. The molecule has 0 saturated carbocycles. The monoisotopic (exact) mass is 187 g/mol. The summed E-state index contributed by atoms with van der Waals surface area (Å²) < 4.78 is 4.49. The molecule has 0 amide bonds. The Morgan fingerprint density at radius 3 is 2.38 bits per heavy atom. The average molecular weight is 187 g/mol. The van der Waals surface area contributed by atoms with Crippen LogP contribution >= 0.6 is 0 Å². The van der Waals surface area contributed by atoms with Crippen molar-refractivity contribution in [2.45, 2.75) is 32.9 Å². The quantitative estimate of drug-likeness (QED) is 0.366. The van der Waals surface area contributed by atoms with Gasteiger partial charge in [0, 0.05) is 6.04 Å². The van der Waals surface area contributed by atoms with Crippen molar-refractivity contribution in [3.63, 3.8) is 0 Å². The van der Waals surface area contributed by atoms with Crippen LogP contribution < -0.4 is 11.1 Å². The fourth-order valence-corrected chi connectivity index (χ4v) is 0.765. The molecule has 0 heterocycles. The van der Waals surface area contributed by atoms with Crippen LogP contribution in [0.3, 0.4) is 0 Å². The summed E-state index contributed by atoms with van der Waals surface area (Å²) in [6, 6.07) is -0.357. The highest BCUT2D eigenvalue weighted by atomic mass is 16.5. The van der Waals surface area contributed by atoms with Gasteiger partial charge in [-0.2, -0.15) is 0 Å². The summed E-state index contributed by atoms with van der Waals surface area (Å²) in [5.41, 5.74) is 5.50. The lowest BCUT2D eigenvalue weighted by Gasteiger charge is -2.10. The van der Waals surface area contributed by atoms with Gasteiger partial charge in [-0.1, -0.05) is 0 Å². The number of aliphatic imine (C=N–C) groups is 1. The Morgan fingerprint density at radius 2 is 2.00 bits per heavy atom. The number of ether oxygens (including phenoxy) is 1. The number of nitrogens with one attached hydrogen (secondary N) is 1. The van der Waals surface area contributed by atoms with Crippen molar-refractivity contribution in [1.82, 2.24) is 5.32 Å². The standard InChI is InChI=1S/C8H17N3O2/c1-5(2)10-8(9)11-6(3)7(12)13-4/h5-6H,1-4H3,(H3,9,10,11). The maximum Gasteiger partial charge on any atom is 0.330 e. The smallest absolute Gasteiger partial charge is 0.330 e. The molecule has 0 radical (unpaired) electrons. The lowest BCUT2D eigenvalue weighted by atomic mass is 10.3. The normalized spacial score (nSPS) is 14.1. The summed E-state index contributed by atoms with van der Waals surface area (Å²) in [6.45, 7) is 5.50. The molecule has 0 aromatic rings. The highest BCUT2D eigenvalue weighted by Gasteiger charge is 2.11. The second kappa shape index (κ2) is 5.40. The Hall–Kier alpha value is -1.26. The van der Waals surface area contributed by atoms with E-state index < -0.39 is 12.0 Å². The van der Waals surface area contributed by atoms with Crippen molar-refractivity contribution in [2.24, 2.45) is 10.7 Å². The minimum absolute atomic E-state index is 0.202. The van der Waals surface area contributed by atoms with Crippen LogP contribution in [0, 0.1) is 0 Å². The lowest BCUT2D eigenvalue weighted by Crippen LogP contribution is -2.38. The Labute approximate surface area is 78.4 Å². The number of carbonyl (C=O) groups is 1. The molecule has 0 saturated heterocycles. The predicted molar refractivity (Wildman–Crippen MR) is 51.4 cm³/mol. The maximum absolute atomic E-state index is 10.9. The van der Waals surface area contributed by atoms with Crippen LogP contribution in [-0.2, 0) is 9.53 Å². The fourth-order valence-electron chi connectivity index (χ4n) is 0.765. The first-order chi connectivity index (χ1) is 5.97. The number of methoxy groups -OCH3 is 1. The molecule has 0 aromatic carbocycles. The summed E-state index contributed by atoms with van der Waals surface area (Å²) in [5.74, 6) is -0.138. The van der Waals surface area contributed by atoms with E-state index in [9.17, 15) is 4.79 Å². The minimum atomic E-state index is -0.559. The van der Waals surface area contributed by atoms with Crippen molar-refractivity contribution < 1.29 is 9.53 Å². The van der Waals surface area contributed by atoms with E-state index in [1.54, 1.807) is 6.92 Å². The van der Waals surface area contributed by atoms with Crippen LogP contribution in [0.2, 0.25) is 0 Å². The zero-order valence-corrected chi connectivity index (χ0v) is 8.50. The third-order valence-corrected chi connectivity index (χ3v) is 1.31. The molecular formula is C8H17N3O2. The summed E-state index contributed by atoms with van der Waals surface area (Å²) in [5, 5.41) is 2.87. The van der Waals surface area contributed by atoms with Gasteiger partial charge in [-0.3, -0.25) is 0 Å². The topological polar surface area (TPSA) is 76.7 Å². The molecule has 5 nitrogen and oxygen atoms in total. The van der Waals surface area contributed by atoms with E-state index in [1.807, 2.05) is 13.8 Å². The third-order valence-electron chi connectivity index (χ3n) is 1.31. The van der Waals surface area contributed by atoms with Gasteiger partial charge >= 0.3 is 5.97 Å². The van der Waals surface area contributed by atoms with E-state index >= 15 is 0 Å². The minimum Gasteiger partial charge on any atom is -0.467 e. The Morgan fingerprint density at radius 1 is 1.46 bits per heavy atom. The Bertz CT molecular complexity index is 202. The fraction of sp³-hybridized carbons (Fsp3) is 0.750. The number of rotatable bonds is 3. The lowest BCUT2D eigenvalue weighted by molar-refractivity contribution is -0.141. The van der Waals surface area contributed by atoms with Gasteiger partial charge in [0.2, 0.25) is 0 Å². The van der Waals surface area contributed by atoms with Gasteiger partial charge in [0.05, 0.1) is 7.11 Å². The molecule has 13 heavy (non-hydrogen) atoms. The van der Waals surface area contributed by atoms with Crippen molar-refractivity contribution in [3.8, 4) is 0 Å². The summed E-state index contributed by atoms with van der Waals surface area (Å²) >= 11 is 0. The Kier molecular flexibility index (Phi) is 4.87. The van der Waals surface area contributed by atoms with Gasteiger partial charge in [-0.15, -0.1) is 0 Å². The maximum atomic E-state index is 10.9. The van der Waals surface area contributed by atoms with Crippen LogP contribution in [0.5, 0.6) is 0 Å². The number of nitrogens with zero attached hydrogens (tertiary/aromatic N) is 1. The van der Waals surface area contributed by atoms with Crippen LogP contribution in [0.1, 0.15) is 20.8 Å². The van der Waals surface area contributed by atoms with Gasteiger partial charge in [-0.25, -0.2) is 9.79 Å². The highest BCUT2D eigenvalue weighted by molar-refractivity contribution is 5.83. The number of hydrogen-bond donors (Lipinski definition) is 2. The zero-order valence-electron chi connectivity index (χ0n) is 8.50. The van der Waals surface area contributed by atoms with Crippen LogP contribution in [0.25, 0.3) is 0 Å². The van der Waals surface area contributed by atoms with Crippen molar-refractivity contribution in [3.05, 3.63) is 0 Å². The molecule has 3 N–H and O–H groups in total. The molecular weight excluding hydrogens is 170 g/mol. The molecule has 1 unspecified atom stereocenters. The van der Waals surface area contributed by atoms with Gasteiger partial charge in [0.1, 0.15) is 6.04 Å². The average Bonchev–Trinajstić information content (AvgIpc) is 2.01. The molecule has 0 aliphatic rings. The molecule has 76 valence electrons. The van der Waals surface area contributed by atoms with E-state index in [1.165, 1.54) is 7.11 Å². The van der Waals surface area contributed by atoms with E-state index in [0.29, 0.717) is 0 Å². The number of carbonyl (C=O) groups excluding carboxylic acids is 1. The molecule has 0 fully saturated rings. The SMILES string of the molecule is COC(=O)C(C)N=C(N)NC(C)C. The number of guanidine groups is 1.